The molecule has 0 radical (unpaired) electrons. The summed E-state index contributed by atoms with van der Waals surface area (Å²) in [5.74, 6) is 0. The largest absolute Gasteiger partial charge is 0.392 e. The van der Waals surface area contributed by atoms with E-state index in [-0.39, 0.29) is 11.5 Å². The summed E-state index contributed by atoms with van der Waals surface area (Å²) >= 11 is 0. The van der Waals surface area contributed by atoms with Gasteiger partial charge in [0, 0.05) is 5.41 Å². The van der Waals surface area contributed by atoms with Crippen LogP contribution < -0.4 is 5.73 Å². The van der Waals surface area contributed by atoms with Gasteiger partial charge in [-0.2, -0.15) is 0 Å². The fourth-order valence-corrected chi connectivity index (χ4v) is 1.46. The van der Waals surface area contributed by atoms with Crippen LogP contribution in [0.5, 0.6) is 0 Å². The molecule has 0 saturated carbocycles. The second-order valence-electron chi connectivity index (χ2n) is 3.30. The predicted molar refractivity (Wildman–Crippen MR) is 43.2 cm³/mol. The van der Waals surface area contributed by atoms with Gasteiger partial charge < -0.3 is 15.6 Å². The van der Waals surface area contributed by atoms with E-state index in [1.807, 2.05) is 0 Å². The summed E-state index contributed by atoms with van der Waals surface area (Å²) < 4.78 is 5.10. The maximum atomic E-state index is 9.66. The summed E-state index contributed by atoms with van der Waals surface area (Å²) in [5, 5.41) is 9.66. The molecule has 1 aliphatic rings. The van der Waals surface area contributed by atoms with Crippen molar-refractivity contribution in [2.24, 2.45) is 11.1 Å². The third kappa shape index (κ3) is 1.55. The molecule has 0 bridgehead atoms. The van der Waals surface area contributed by atoms with Gasteiger partial charge >= 0.3 is 0 Å². The van der Waals surface area contributed by atoms with Crippen molar-refractivity contribution in [2.75, 3.05) is 19.8 Å². The lowest BCUT2D eigenvalue weighted by Gasteiger charge is -2.44. The Morgan fingerprint density at radius 1 is 1.64 bits per heavy atom. The minimum atomic E-state index is -0.272. The molecule has 1 rings (SSSR count). The van der Waals surface area contributed by atoms with E-state index in [9.17, 15) is 5.11 Å². The first-order valence-corrected chi connectivity index (χ1v) is 4.21. The van der Waals surface area contributed by atoms with Gasteiger partial charge in [-0.3, -0.25) is 0 Å². The summed E-state index contributed by atoms with van der Waals surface area (Å²) in [6.45, 7) is 4.04. The van der Waals surface area contributed by atoms with Crippen LogP contribution in [0.3, 0.4) is 0 Å². The molecule has 1 saturated heterocycles. The van der Waals surface area contributed by atoms with Gasteiger partial charge in [0.25, 0.3) is 0 Å². The van der Waals surface area contributed by atoms with E-state index in [0.717, 1.165) is 6.42 Å². The SMILES string of the molecule is CCC1([C@@H](O)CCN)COC1. The first-order valence-electron chi connectivity index (χ1n) is 4.21. The summed E-state index contributed by atoms with van der Waals surface area (Å²) in [4.78, 5) is 0. The molecule has 11 heavy (non-hydrogen) atoms. The Hall–Kier alpha value is -0.120. The smallest absolute Gasteiger partial charge is 0.0652 e. The number of hydrogen-bond donors (Lipinski definition) is 2. The van der Waals surface area contributed by atoms with E-state index in [1.54, 1.807) is 0 Å². The van der Waals surface area contributed by atoms with Crippen LogP contribution in [-0.2, 0) is 4.74 Å². The van der Waals surface area contributed by atoms with Gasteiger partial charge in [0.1, 0.15) is 0 Å². The number of ether oxygens (including phenoxy) is 1. The van der Waals surface area contributed by atoms with E-state index in [2.05, 4.69) is 6.92 Å². The number of nitrogens with two attached hydrogens (primary N) is 1. The van der Waals surface area contributed by atoms with Gasteiger partial charge in [-0.25, -0.2) is 0 Å². The molecule has 0 aromatic carbocycles. The summed E-state index contributed by atoms with van der Waals surface area (Å²) in [6.07, 6.45) is 1.40. The van der Waals surface area contributed by atoms with Crippen molar-refractivity contribution in [3.8, 4) is 0 Å². The summed E-state index contributed by atoms with van der Waals surface area (Å²) in [7, 11) is 0. The molecule has 0 amide bonds. The molecule has 0 spiro atoms. The Morgan fingerprint density at radius 3 is 2.55 bits per heavy atom. The maximum Gasteiger partial charge on any atom is 0.0652 e. The van der Waals surface area contributed by atoms with Crippen molar-refractivity contribution in [2.45, 2.75) is 25.9 Å². The lowest BCUT2D eigenvalue weighted by atomic mass is 9.76. The zero-order valence-corrected chi connectivity index (χ0v) is 7.05. The maximum absolute atomic E-state index is 9.66. The average molecular weight is 159 g/mol. The van der Waals surface area contributed by atoms with Gasteiger partial charge in [0.05, 0.1) is 19.3 Å². The Kier molecular flexibility index (Phi) is 2.87. The molecule has 1 fully saturated rings. The standard InChI is InChI=1S/C8H17NO2/c1-2-8(5-11-6-8)7(10)3-4-9/h7,10H,2-6,9H2,1H3/t7-/m0/s1. The first kappa shape index (κ1) is 8.97. The summed E-state index contributed by atoms with van der Waals surface area (Å²) in [6, 6.07) is 0. The summed E-state index contributed by atoms with van der Waals surface area (Å²) in [5.41, 5.74) is 5.39. The van der Waals surface area contributed by atoms with Gasteiger partial charge in [0.2, 0.25) is 0 Å². The fourth-order valence-electron chi connectivity index (χ4n) is 1.46. The fraction of sp³-hybridized carbons (Fsp3) is 1.00. The lowest BCUT2D eigenvalue weighted by molar-refractivity contribution is -0.174. The van der Waals surface area contributed by atoms with E-state index in [1.165, 1.54) is 0 Å². The van der Waals surface area contributed by atoms with Gasteiger partial charge in [0.15, 0.2) is 0 Å². The van der Waals surface area contributed by atoms with E-state index in [4.69, 9.17) is 10.5 Å². The predicted octanol–water partition coefficient (Wildman–Crippen LogP) is 0.123. The van der Waals surface area contributed by atoms with Crippen molar-refractivity contribution >= 4 is 0 Å². The molecule has 0 aromatic heterocycles. The number of aliphatic hydroxyl groups excluding tert-OH is 1. The van der Waals surface area contributed by atoms with Gasteiger partial charge in [-0.15, -0.1) is 0 Å². The van der Waals surface area contributed by atoms with Gasteiger partial charge in [-0.1, -0.05) is 6.92 Å². The third-order valence-corrected chi connectivity index (χ3v) is 2.63. The van der Waals surface area contributed by atoms with E-state index >= 15 is 0 Å². The van der Waals surface area contributed by atoms with Gasteiger partial charge in [-0.05, 0) is 19.4 Å². The van der Waals surface area contributed by atoms with Crippen LogP contribution in [0.25, 0.3) is 0 Å². The second-order valence-corrected chi connectivity index (χ2v) is 3.30. The molecule has 1 heterocycles. The highest BCUT2D eigenvalue weighted by atomic mass is 16.5. The Balaban J connectivity index is 2.40. The van der Waals surface area contributed by atoms with Crippen LogP contribution >= 0.6 is 0 Å². The van der Waals surface area contributed by atoms with Crippen molar-refractivity contribution < 1.29 is 9.84 Å². The number of hydrogen-bond acceptors (Lipinski definition) is 3. The Labute approximate surface area is 67.5 Å². The number of rotatable bonds is 4. The minimum Gasteiger partial charge on any atom is -0.392 e. The van der Waals surface area contributed by atoms with E-state index < -0.39 is 0 Å². The normalized spacial score (nSPS) is 24.3. The highest BCUT2D eigenvalue weighted by molar-refractivity contribution is 4.90. The molecule has 0 unspecified atom stereocenters. The monoisotopic (exact) mass is 159 g/mol. The quantitative estimate of drug-likeness (QED) is 0.612. The van der Waals surface area contributed by atoms with Crippen LogP contribution in [0.4, 0.5) is 0 Å². The van der Waals surface area contributed by atoms with Crippen LogP contribution in [0, 0.1) is 5.41 Å². The molecule has 0 aliphatic carbocycles. The Bertz CT molecular complexity index is 118. The molecule has 1 aliphatic heterocycles. The molecule has 1 atom stereocenters. The highest BCUT2D eigenvalue weighted by Crippen LogP contribution is 2.36. The molecule has 66 valence electrons. The molecule has 3 heteroatoms. The highest BCUT2D eigenvalue weighted by Gasteiger charge is 2.42. The molecule has 3 nitrogen and oxygen atoms in total. The molecular weight excluding hydrogens is 142 g/mol. The molecule has 0 aromatic rings. The van der Waals surface area contributed by atoms with Crippen molar-refractivity contribution in [1.82, 2.24) is 0 Å². The van der Waals surface area contributed by atoms with Crippen LogP contribution in [0.15, 0.2) is 0 Å². The minimum absolute atomic E-state index is 0.0272. The van der Waals surface area contributed by atoms with Crippen molar-refractivity contribution in [3.05, 3.63) is 0 Å². The topological polar surface area (TPSA) is 55.5 Å². The average Bonchev–Trinajstić information content (AvgIpc) is 1.87. The molecular formula is C8H17NO2. The van der Waals surface area contributed by atoms with Crippen LogP contribution in [0.2, 0.25) is 0 Å². The number of aliphatic hydroxyl groups is 1. The van der Waals surface area contributed by atoms with Crippen LogP contribution in [-0.4, -0.2) is 31.0 Å². The van der Waals surface area contributed by atoms with Crippen molar-refractivity contribution in [3.63, 3.8) is 0 Å². The lowest BCUT2D eigenvalue weighted by Crippen LogP contribution is -2.51. The zero-order chi connectivity index (χ0) is 8.32. The molecule has 3 N–H and O–H groups in total. The van der Waals surface area contributed by atoms with E-state index in [0.29, 0.717) is 26.2 Å². The van der Waals surface area contributed by atoms with Crippen LogP contribution in [0.1, 0.15) is 19.8 Å². The van der Waals surface area contributed by atoms with Crippen molar-refractivity contribution in [1.29, 1.82) is 0 Å². The zero-order valence-electron chi connectivity index (χ0n) is 7.05. The third-order valence-electron chi connectivity index (χ3n) is 2.63. The second kappa shape index (κ2) is 3.52. The Morgan fingerprint density at radius 2 is 2.27 bits per heavy atom. The first-order chi connectivity index (χ1) is 5.25.